The smallest absolute Gasteiger partial charge is 0.0637 e. The molecule has 0 amide bonds. The first-order chi connectivity index (χ1) is 9.67. The molecule has 0 heterocycles. The molecule has 2 N–H and O–H groups in total. The Hall–Kier alpha value is -0.280. The molecule has 1 saturated carbocycles. The predicted octanol–water partition coefficient (Wildman–Crippen LogP) is 4.33. The summed E-state index contributed by atoms with van der Waals surface area (Å²) in [6, 6.07) is 6.46. The second-order valence-corrected chi connectivity index (χ2v) is 6.41. The molecule has 1 aliphatic rings. The molecule has 0 saturated heterocycles. The summed E-state index contributed by atoms with van der Waals surface area (Å²) in [5.41, 5.74) is 7.07. The summed E-state index contributed by atoms with van der Waals surface area (Å²) < 4.78 is 0. The minimum Gasteiger partial charge on any atom is -0.330 e. The van der Waals surface area contributed by atoms with Gasteiger partial charge in [-0.25, -0.2) is 0 Å². The van der Waals surface area contributed by atoms with Gasteiger partial charge in [-0.15, -0.1) is 0 Å². The van der Waals surface area contributed by atoms with Gasteiger partial charge < -0.3 is 5.73 Å². The number of hydrogen-bond acceptors (Lipinski definition) is 2. The lowest BCUT2D eigenvalue weighted by molar-refractivity contribution is 0.105. The fourth-order valence-corrected chi connectivity index (χ4v) is 3.68. The normalized spacial score (nSPS) is 23.2. The lowest BCUT2D eigenvalue weighted by Gasteiger charge is -2.39. The molecule has 1 aromatic carbocycles. The molecule has 0 radical (unpaired) electrons. The average molecular weight is 315 g/mol. The third kappa shape index (κ3) is 3.67. The van der Waals surface area contributed by atoms with Gasteiger partial charge in [0.05, 0.1) is 10.0 Å². The Bertz CT molecular complexity index is 436. The lowest BCUT2D eigenvalue weighted by atomic mass is 9.83. The molecular formula is C16H24Cl2N2. The van der Waals surface area contributed by atoms with Gasteiger partial charge in [-0.2, -0.15) is 0 Å². The van der Waals surface area contributed by atoms with Crippen molar-refractivity contribution in [2.75, 3.05) is 13.1 Å². The largest absolute Gasteiger partial charge is 0.330 e. The van der Waals surface area contributed by atoms with E-state index in [1.165, 1.54) is 25.7 Å². The van der Waals surface area contributed by atoms with E-state index in [9.17, 15) is 0 Å². The van der Waals surface area contributed by atoms with E-state index in [1.54, 1.807) is 0 Å². The molecule has 0 aromatic heterocycles. The van der Waals surface area contributed by atoms with Gasteiger partial charge in [0.2, 0.25) is 0 Å². The van der Waals surface area contributed by atoms with Crippen molar-refractivity contribution in [1.82, 2.24) is 4.90 Å². The van der Waals surface area contributed by atoms with Crippen LogP contribution in [0.5, 0.6) is 0 Å². The van der Waals surface area contributed by atoms with E-state index >= 15 is 0 Å². The number of hydrogen-bond donors (Lipinski definition) is 1. The molecular weight excluding hydrogens is 291 g/mol. The maximum Gasteiger partial charge on any atom is 0.0637 e. The Balaban J connectivity index is 2.13. The predicted molar refractivity (Wildman–Crippen MR) is 87.3 cm³/mol. The van der Waals surface area contributed by atoms with Crippen molar-refractivity contribution in [3.63, 3.8) is 0 Å². The van der Waals surface area contributed by atoms with E-state index in [0.29, 0.717) is 22.0 Å². The highest BCUT2D eigenvalue weighted by Gasteiger charge is 2.28. The summed E-state index contributed by atoms with van der Waals surface area (Å²) >= 11 is 12.4. The van der Waals surface area contributed by atoms with Gasteiger partial charge in [-0.1, -0.05) is 55.1 Å². The Morgan fingerprint density at radius 1 is 1.25 bits per heavy atom. The van der Waals surface area contributed by atoms with Crippen LogP contribution in [-0.4, -0.2) is 24.0 Å². The van der Waals surface area contributed by atoms with Crippen LogP contribution in [0.4, 0.5) is 0 Å². The van der Waals surface area contributed by atoms with Crippen molar-refractivity contribution in [2.45, 2.75) is 45.2 Å². The van der Waals surface area contributed by atoms with Crippen LogP contribution in [0.3, 0.4) is 0 Å². The summed E-state index contributed by atoms with van der Waals surface area (Å²) in [7, 11) is 0. The Kier molecular flexibility index (Phi) is 6.16. The molecule has 2 nitrogen and oxygen atoms in total. The van der Waals surface area contributed by atoms with Crippen molar-refractivity contribution in [3.05, 3.63) is 33.8 Å². The van der Waals surface area contributed by atoms with Crippen LogP contribution in [0.1, 0.15) is 38.2 Å². The fourth-order valence-electron chi connectivity index (χ4n) is 3.30. The summed E-state index contributed by atoms with van der Waals surface area (Å²) in [4.78, 5) is 2.51. The highest BCUT2D eigenvalue weighted by atomic mass is 35.5. The highest BCUT2D eigenvalue weighted by Crippen LogP contribution is 2.31. The maximum absolute atomic E-state index is 6.32. The summed E-state index contributed by atoms with van der Waals surface area (Å²) in [5.74, 6) is 0.613. The zero-order valence-corrected chi connectivity index (χ0v) is 13.6. The Labute approximate surface area is 132 Å². The summed E-state index contributed by atoms with van der Waals surface area (Å²) in [6.45, 7) is 4.87. The summed E-state index contributed by atoms with van der Waals surface area (Å²) in [6.07, 6.45) is 5.11. The number of benzene rings is 1. The maximum atomic E-state index is 6.32. The average Bonchev–Trinajstić information content (AvgIpc) is 2.49. The molecule has 4 heteroatoms. The van der Waals surface area contributed by atoms with Crippen LogP contribution < -0.4 is 5.73 Å². The second kappa shape index (κ2) is 7.65. The van der Waals surface area contributed by atoms with Crippen LogP contribution in [-0.2, 0) is 6.54 Å². The molecule has 1 aromatic rings. The first-order valence-corrected chi connectivity index (χ1v) is 8.30. The van der Waals surface area contributed by atoms with Crippen LogP contribution in [0.15, 0.2) is 18.2 Å². The molecule has 2 unspecified atom stereocenters. The second-order valence-electron chi connectivity index (χ2n) is 5.62. The molecule has 0 bridgehead atoms. The lowest BCUT2D eigenvalue weighted by Crippen LogP contribution is -2.44. The van der Waals surface area contributed by atoms with Gasteiger partial charge in [0.15, 0.2) is 0 Å². The number of rotatable bonds is 5. The van der Waals surface area contributed by atoms with Gasteiger partial charge in [0.25, 0.3) is 0 Å². The first-order valence-electron chi connectivity index (χ1n) is 7.54. The number of nitrogens with zero attached hydrogens (tertiary/aromatic N) is 1. The molecule has 0 aliphatic heterocycles. The monoisotopic (exact) mass is 314 g/mol. The van der Waals surface area contributed by atoms with Gasteiger partial charge in [-0.05, 0) is 43.5 Å². The van der Waals surface area contributed by atoms with Crippen molar-refractivity contribution in [3.8, 4) is 0 Å². The SMILES string of the molecule is CCN(Cc1cccc(Cl)c1Cl)C1CCCCC1CN. The van der Waals surface area contributed by atoms with Crippen molar-refractivity contribution in [1.29, 1.82) is 0 Å². The Morgan fingerprint density at radius 2 is 2.00 bits per heavy atom. The zero-order valence-electron chi connectivity index (χ0n) is 12.1. The van der Waals surface area contributed by atoms with E-state index in [0.717, 1.165) is 25.2 Å². The Morgan fingerprint density at radius 3 is 2.70 bits per heavy atom. The number of halogens is 2. The van der Waals surface area contributed by atoms with E-state index < -0.39 is 0 Å². The third-order valence-electron chi connectivity index (χ3n) is 4.45. The highest BCUT2D eigenvalue weighted by molar-refractivity contribution is 6.42. The van der Waals surface area contributed by atoms with E-state index in [-0.39, 0.29) is 0 Å². The van der Waals surface area contributed by atoms with Crippen molar-refractivity contribution >= 4 is 23.2 Å². The molecule has 2 atom stereocenters. The van der Waals surface area contributed by atoms with E-state index in [4.69, 9.17) is 28.9 Å². The third-order valence-corrected chi connectivity index (χ3v) is 5.31. The van der Waals surface area contributed by atoms with Crippen molar-refractivity contribution in [2.24, 2.45) is 11.7 Å². The van der Waals surface area contributed by atoms with Crippen LogP contribution >= 0.6 is 23.2 Å². The molecule has 2 rings (SSSR count). The van der Waals surface area contributed by atoms with Gasteiger partial charge in [0, 0.05) is 12.6 Å². The first kappa shape index (κ1) is 16.1. The number of nitrogens with two attached hydrogens (primary N) is 1. The topological polar surface area (TPSA) is 29.3 Å². The molecule has 1 aliphatic carbocycles. The minimum absolute atomic E-state index is 0.578. The molecule has 112 valence electrons. The van der Waals surface area contributed by atoms with Gasteiger partial charge in [-0.3, -0.25) is 4.90 Å². The van der Waals surface area contributed by atoms with E-state index in [1.807, 2.05) is 12.1 Å². The standard InChI is InChI=1S/C16H24Cl2N2/c1-2-20(15-9-4-3-6-12(15)10-19)11-13-7-5-8-14(17)16(13)18/h5,7-8,12,15H,2-4,6,9-11,19H2,1H3. The molecule has 0 spiro atoms. The van der Waals surface area contributed by atoms with Gasteiger partial charge in [0.1, 0.15) is 0 Å². The molecule has 1 fully saturated rings. The quantitative estimate of drug-likeness (QED) is 0.876. The summed E-state index contributed by atoms with van der Waals surface area (Å²) in [5, 5.41) is 1.33. The van der Waals surface area contributed by atoms with Crippen LogP contribution in [0.2, 0.25) is 10.0 Å². The fraction of sp³-hybridized carbons (Fsp3) is 0.625. The van der Waals surface area contributed by atoms with Crippen LogP contribution in [0, 0.1) is 5.92 Å². The van der Waals surface area contributed by atoms with E-state index in [2.05, 4.69) is 17.9 Å². The molecule has 20 heavy (non-hydrogen) atoms. The van der Waals surface area contributed by atoms with Crippen LogP contribution in [0.25, 0.3) is 0 Å². The minimum atomic E-state index is 0.578. The van der Waals surface area contributed by atoms with Gasteiger partial charge >= 0.3 is 0 Å². The van der Waals surface area contributed by atoms with Crippen molar-refractivity contribution < 1.29 is 0 Å². The zero-order chi connectivity index (χ0) is 14.5.